The molecule has 2 aromatic rings. The first-order valence-electron chi connectivity index (χ1n) is 3.59. The van der Waals surface area contributed by atoms with Gasteiger partial charge in [-0.25, -0.2) is 4.98 Å². The average molecular weight is 397 g/mol. The van der Waals surface area contributed by atoms with E-state index < -0.39 is 0 Å². The highest BCUT2D eigenvalue weighted by atomic mass is 127. The summed E-state index contributed by atoms with van der Waals surface area (Å²) in [5, 5.41) is 0. The lowest BCUT2D eigenvalue weighted by Crippen LogP contribution is -1.80. The largest absolute Gasteiger partial charge is 0.332 e. The van der Waals surface area contributed by atoms with Crippen LogP contribution in [0.4, 0.5) is 0 Å². The SMILES string of the molecule is Ic1nc(-c2cccnc2)[nH]c1I. The van der Waals surface area contributed by atoms with Gasteiger partial charge in [0.2, 0.25) is 0 Å². The van der Waals surface area contributed by atoms with Crippen LogP contribution in [0.1, 0.15) is 0 Å². The average Bonchev–Trinajstić information content (AvgIpc) is 2.49. The van der Waals surface area contributed by atoms with Crippen molar-refractivity contribution < 1.29 is 0 Å². The summed E-state index contributed by atoms with van der Waals surface area (Å²) >= 11 is 4.43. The van der Waals surface area contributed by atoms with Gasteiger partial charge in [0.15, 0.2) is 0 Å². The monoisotopic (exact) mass is 397 g/mol. The number of rotatable bonds is 1. The Balaban J connectivity index is 2.48. The second-order valence-electron chi connectivity index (χ2n) is 2.43. The van der Waals surface area contributed by atoms with Crippen LogP contribution in [0.2, 0.25) is 0 Å². The van der Waals surface area contributed by atoms with Crippen molar-refractivity contribution in [3.63, 3.8) is 0 Å². The fraction of sp³-hybridized carbons (Fsp3) is 0. The highest BCUT2D eigenvalue weighted by Crippen LogP contribution is 2.19. The molecule has 66 valence electrons. The number of aromatic nitrogens is 3. The Kier molecular flexibility index (Phi) is 2.82. The zero-order valence-electron chi connectivity index (χ0n) is 6.46. The maximum atomic E-state index is 4.36. The molecule has 0 bridgehead atoms. The standard InChI is InChI=1S/C8H5I2N3/c9-6-7(10)13-8(12-6)5-2-1-3-11-4-5/h1-4H,(H,12,13). The molecule has 0 aromatic carbocycles. The molecule has 3 nitrogen and oxygen atoms in total. The van der Waals surface area contributed by atoms with Crippen molar-refractivity contribution in [3.8, 4) is 11.4 Å². The summed E-state index contributed by atoms with van der Waals surface area (Å²) in [7, 11) is 0. The third kappa shape index (κ3) is 2.01. The Morgan fingerprint density at radius 1 is 1.31 bits per heavy atom. The second kappa shape index (κ2) is 3.91. The van der Waals surface area contributed by atoms with Crippen LogP contribution in [0.3, 0.4) is 0 Å². The molecule has 0 amide bonds. The Bertz CT molecular complexity index is 391. The van der Waals surface area contributed by atoms with Crippen molar-refractivity contribution in [1.29, 1.82) is 0 Å². The van der Waals surface area contributed by atoms with Crippen LogP contribution in [0.5, 0.6) is 0 Å². The number of aromatic amines is 1. The summed E-state index contributed by atoms with van der Waals surface area (Å²) in [5.41, 5.74) is 1.02. The minimum Gasteiger partial charge on any atom is -0.332 e. The quantitative estimate of drug-likeness (QED) is 0.753. The molecule has 0 fully saturated rings. The van der Waals surface area contributed by atoms with E-state index in [1.165, 1.54) is 0 Å². The van der Waals surface area contributed by atoms with Gasteiger partial charge in [0, 0.05) is 18.0 Å². The highest BCUT2D eigenvalue weighted by molar-refractivity contribution is 14.1. The van der Waals surface area contributed by atoms with Crippen LogP contribution in [-0.2, 0) is 0 Å². The molecule has 0 unspecified atom stereocenters. The van der Waals surface area contributed by atoms with Crippen LogP contribution in [0.25, 0.3) is 11.4 Å². The third-order valence-corrected chi connectivity index (χ3v) is 4.15. The van der Waals surface area contributed by atoms with Crippen molar-refractivity contribution in [2.75, 3.05) is 0 Å². The number of hydrogen-bond donors (Lipinski definition) is 1. The molecule has 2 rings (SSSR count). The molecule has 0 spiro atoms. The molecule has 0 atom stereocenters. The van der Waals surface area contributed by atoms with Gasteiger partial charge in [0.05, 0.1) is 0 Å². The van der Waals surface area contributed by atoms with Crippen molar-refractivity contribution in [1.82, 2.24) is 15.0 Å². The van der Waals surface area contributed by atoms with Crippen molar-refractivity contribution in [2.24, 2.45) is 0 Å². The van der Waals surface area contributed by atoms with Crippen LogP contribution in [-0.4, -0.2) is 15.0 Å². The summed E-state index contributed by atoms with van der Waals surface area (Å²) in [4.78, 5) is 11.6. The first-order valence-corrected chi connectivity index (χ1v) is 5.74. The molecule has 0 saturated carbocycles. The highest BCUT2D eigenvalue weighted by Gasteiger charge is 2.05. The molecular formula is C8H5I2N3. The zero-order chi connectivity index (χ0) is 9.26. The Morgan fingerprint density at radius 2 is 2.15 bits per heavy atom. The molecule has 2 aromatic heterocycles. The van der Waals surface area contributed by atoms with E-state index in [9.17, 15) is 0 Å². The smallest absolute Gasteiger partial charge is 0.140 e. The van der Waals surface area contributed by atoms with Gasteiger partial charge in [-0.1, -0.05) is 0 Å². The summed E-state index contributed by atoms with van der Waals surface area (Å²) in [6.45, 7) is 0. The van der Waals surface area contributed by atoms with Crippen LogP contribution in [0, 0.1) is 7.40 Å². The van der Waals surface area contributed by atoms with E-state index in [0.29, 0.717) is 0 Å². The van der Waals surface area contributed by atoms with Crippen LogP contribution < -0.4 is 0 Å². The van der Waals surface area contributed by atoms with Gasteiger partial charge in [-0.3, -0.25) is 4.98 Å². The first kappa shape index (κ1) is 9.38. The minimum absolute atomic E-state index is 0.877. The third-order valence-electron chi connectivity index (χ3n) is 1.55. The summed E-state index contributed by atoms with van der Waals surface area (Å²) in [6.07, 6.45) is 3.55. The van der Waals surface area contributed by atoms with E-state index in [0.717, 1.165) is 18.8 Å². The number of halogens is 2. The van der Waals surface area contributed by atoms with Gasteiger partial charge in [-0.2, -0.15) is 0 Å². The van der Waals surface area contributed by atoms with Gasteiger partial charge >= 0.3 is 0 Å². The second-order valence-corrected chi connectivity index (χ2v) is 4.53. The zero-order valence-corrected chi connectivity index (χ0v) is 10.8. The number of hydrogen-bond acceptors (Lipinski definition) is 2. The van der Waals surface area contributed by atoms with Crippen molar-refractivity contribution in [2.45, 2.75) is 0 Å². The molecule has 0 aliphatic heterocycles. The predicted octanol–water partition coefficient (Wildman–Crippen LogP) is 2.68. The van der Waals surface area contributed by atoms with Crippen LogP contribution in [0.15, 0.2) is 24.5 Å². The maximum Gasteiger partial charge on any atom is 0.140 e. The van der Waals surface area contributed by atoms with E-state index in [1.54, 1.807) is 12.4 Å². The lowest BCUT2D eigenvalue weighted by Gasteiger charge is -1.92. The molecular weight excluding hydrogens is 392 g/mol. The fourth-order valence-electron chi connectivity index (χ4n) is 0.970. The first-order chi connectivity index (χ1) is 6.27. The molecule has 0 aliphatic carbocycles. The number of nitrogens with zero attached hydrogens (tertiary/aromatic N) is 2. The van der Waals surface area contributed by atoms with E-state index in [-0.39, 0.29) is 0 Å². The number of H-pyrrole nitrogens is 1. The van der Waals surface area contributed by atoms with Crippen molar-refractivity contribution in [3.05, 3.63) is 31.9 Å². The minimum atomic E-state index is 0.877. The number of imidazole rings is 1. The normalized spacial score (nSPS) is 10.3. The molecule has 1 N–H and O–H groups in total. The maximum absolute atomic E-state index is 4.36. The summed E-state index contributed by atoms with van der Waals surface area (Å²) < 4.78 is 2.06. The predicted molar refractivity (Wildman–Crippen MR) is 67.3 cm³/mol. The lowest BCUT2D eigenvalue weighted by molar-refractivity contribution is 1.25. The van der Waals surface area contributed by atoms with Gasteiger partial charge in [-0.15, -0.1) is 0 Å². The van der Waals surface area contributed by atoms with E-state index >= 15 is 0 Å². The van der Waals surface area contributed by atoms with Gasteiger partial charge in [-0.05, 0) is 57.3 Å². The van der Waals surface area contributed by atoms with Gasteiger partial charge in [0.25, 0.3) is 0 Å². The number of nitrogens with one attached hydrogen (secondary N) is 1. The summed E-state index contributed by atoms with van der Waals surface area (Å²) in [5.74, 6) is 0.877. The Labute approximate surface area is 103 Å². The lowest BCUT2D eigenvalue weighted by atomic mass is 10.3. The molecule has 0 radical (unpaired) electrons. The Hall–Kier alpha value is -0.180. The van der Waals surface area contributed by atoms with E-state index in [4.69, 9.17) is 0 Å². The summed E-state index contributed by atoms with van der Waals surface area (Å²) in [6, 6.07) is 3.88. The topological polar surface area (TPSA) is 41.6 Å². The van der Waals surface area contributed by atoms with Crippen LogP contribution >= 0.6 is 45.2 Å². The molecule has 5 heteroatoms. The number of pyridine rings is 1. The molecule has 2 heterocycles. The fourth-order valence-corrected chi connectivity index (χ4v) is 1.72. The van der Waals surface area contributed by atoms with Gasteiger partial charge < -0.3 is 4.98 Å². The van der Waals surface area contributed by atoms with E-state index in [1.807, 2.05) is 12.1 Å². The molecule has 0 aliphatic rings. The van der Waals surface area contributed by atoms with Gasteiger partial charge in [0.1, 0.15) is 13.2 Å². The van der Waals surface area contributed by atoms with Crippen molar-refractivity contribution >= 4 is 45.2 Å². The van der Waals surface area contributed by atoms with E-state index in [2.05, 4.69) is 60.1 Å². The Morgan fingerprint density at radius 3 is 2.69 bits per heavy atom. The molecule has 0 saturated heterocycles. The molecule has 13 heavy (non-hydrogen) atoms.